The van der Waals surface area contributed by atoms with E-state index < -0.39 is 33.0 Å². The summed E-state index contributed by atoms with van der Waals surface area (Å²) in [7, 11) is -3.29. The van der Waals surface area contributed by atoms with Crippen LogP contribution in [0.1, 0.15) is 11.1 Å². The van der Waals surface area contributed by atoms with Gasteiger partial charge in [-0.05, 0) is 29.8 Å². The van der Waals surface area contributed by atoms with Crippen LogP contribution >= 0.6 is 0 Å². The Kier molecular flexibility index (Phi) is 5.28. The third-order valence-electron chi connectivity index (χ3n) is 3.27. The Morgan fingerprint density at radius 1 is 1.08 bits per heavy atom. The zero-order chi connectivity index (χ0) is 18.6. The van der Waals surface area contributed by atoms with Gasteiger partial charge in [-0.3, -0.25) is 4.79 Å². The number of benzene rings is 2. The highest BCUT2D eigenvalue weighted by Crippen LogP contribution is 2.36. The number of phenolic OH excluding ortho intramolecular Hbond substituents is 3. The number of nitrogens with zero attached hydrogens (tertiary/aromatic N) is 1. The van der Waals surface area contributed by atoms with Crippen molar-refractivity contribution < 1.29 is 28.5 Å². The van der Waals surface area contributed by atoms with Crippen molar-refractivity contribution in [3.05, 3.63) is 47.5 Å². The third-order valence-corrected chi connectivity index (χ3v) is 4.40. The van der Waals surface area contributed by atoms with Crippen LogP contribution in [0.4, 0.5) is 0 Å². The molecule has 0 spiro atoms. The number of aromatic hydroxyl groups is 3. The molecule has 2 aromatic carbocycles. The number of hydrogen-bond donors (Lipinski definition) is 4. The quantitative estimate of drug-likeness (QED) is 0.353. The molecule has 0 aliphatic rings. The minimum atomic E-state index is -3.29. The lowest BCUT2D eigenvalue weighted by Gasteiger charge is -2.04. The Morgan fingerprint density at radius 3 is 2.32 bits per heavy atom. The van der Waals surface area contributed by atoms with E-state index in [4.69, 9.17) is 0 Å². The largest absolute Gasteiger partial charge is 0.504 e. The molecule has 1 amide bonds. The highest BCUT2D eigenvalue weighted by molar-refractivity contribution is 7.90. The van der Waals surface area contributed by atoms with Crippen LogP contribution in [0.5, 0.6) is 17.2 Å². The van der Waals surface area contributed by atoms with Crippen LogP contribution in [0.15, 0.2) is 46.4 Å². The summed E-state index contributed by atoms with van der Waals surface area (Å²) in [6.07, 6.45) is 2.19. The molecule has 2 aromatic rings. The van der Waals surface area contributed by atoms with Crippen LogP contribution < -0.4 is 5.43 Å². The van der Waals surface area contributed by atoms with E-state index in [1.165, 1.54) is 36.4 Å². The number of sulfone groups is 1. The standard InChI is InChI=1S/C16H16N2O6S/c1-25(23,24)12-5-2-10(3-6-12)8-14(20)18-17-9-11-4-7-13(19)16(22)15(11)21/h2-7,9,19,21-22H,8H2,1H3,(H,18,20)/b17-9+. The van der Waals surface area contributed by atoms with Crippen molar-refractivity contribution in [2.75, 3.05) is 6.26 Å². The second kappa shape index (κ2) is 7.22. The summed E-state index contributed by atoms with van der Waals surface area (Å²) in [5, 5.41) is 31.8. The highest BCUT2D eigenvalue weighted by Gasteiger charge is 2.10. The maximum atomic E-state index is 11.8. The van der Waals surface area contributed by atoms with Gasteiger partial charge in [0.1, 0.15) is 0 Å². The van der Waals surface area contributed by atoms with Crippen LogP contribution in [0.25, 0.3) is 0 Å². The molecule has 0 aliphatic heterocycles. The van der Waals surface area contributed by atoms with E-state index in [-0.39, 0.29) is 16.9 Å². The van der Waals surface area contributed by atoms with E-state index in [9.17, 15) is 28.5 Å². The fraction of sp³-hybridized carbons (Fsp3) is 0.125. The number of phenols is 3. The zero-order valence-electron chi connectivity index (χ0n) is 13.2. The first-order chi connectivity index (χ1) is 11.7. The SMILES string of the molecule is CS(=O)(=O)c1ccc(CC(=O)N/N=C/c2ccc(O)c(O)c2O)cc1. The minimum Gasteiger partial charge on any atom is -0.504 e. The second-order valence-corrected chi connectivity index (χ2v) is 7.27. The maximum absolute atomic E-state index is 11.8. The van der Waals surface area contributed by atoms with Gasteiger partial charge >= 0.3 is 0 Å². The van der Waals surface area contributed by atoms with Gasteiger partial charge in [-0.15, -0.1) is 0 Å². The Bertz CT molecular complexity index is 920. The lowest BCUT2D eigenvalue weighted by atomic mass is 10.1. The van der Waals surface area contributed by atoms with Crippen LogP contribution in [-0.2, 0) is 21.1 Å². The Morgan fingerprint density at radius 2 is 1.72 bits per heavy atom. The molecule has 132 valence electrons. The number of nitrogens with one attached hydrogen (secondary N) is 1. The van der Waals surface area contributed by atoms with E-state index in [1.54, 1.807) is 0 Å². The summed E-state index contributed by atoms with van der Waals surface area (Å²) >= 11 is 0. The van der Waals surface area contributed by atoms with Crippen molar-refractivity contribution >= 4 is 22.0 Å². The van der Waals surface area contributed by atoms with E-state index in [0.29, 0.717) is 5.56 Å². The van der Waals surface area contributed by atoms with Gasteiger partial charge in [-0.25, -0.2) is 13.8 Å². The summed E-state index contributed by atoms with van der Waals surface area (Å²) < 4.78 is 22.7. The fourth-order valence-electron chi connectivity index (χ4n) is 1.94. The molecular formula is C16H16N2O6S. The van der Waals surface area contributed by atoms with Crippen LogP contribution in [0, 0.1) is 0 Å². The van der Waals surface area contributed by atoms with E-state index in [2.05, 4.69) is 10.5 Å². The predicted octanol–water partition coefficient (Wildman–Crippen LogP) is 0.900. The average Bonchev–Trinajstić information content (AvgIpc) is 2.54. The zero-order valence-corrected chi connectivity index (χ0v) is 14.0. The number of carbonyl (C=O) groups is 1. The normalized spacial score (nSPS) is 11.6. The van der Waals surface area contributed by atoms with Crippen LogP contribution in [0.3, 0.4) is 0 Å². The smallest absolute Gasteiger partial charge is 0.244 e. The number of rotatable bonds is 5. The Labute approximate surface area is 144 Å². The lowest BCUT2D eigenvalue weighted by molar-refractivity contribution is -0.120. The molecule has 0 fully saturated rings. The molecule has 0 heterocycles. The van der Waals surface area contributed by atoms with Crippen molar-refractivity contribution in [1.82, 2.24) is 5.43 Å². The minimum absolute atomic E-state index is 0.0197. The Hall–Kier alpha value is -3.07. The monoisotopic (exact) mass is 364 g/mol. The average molecular weight is 364 g/mol. The van der Waals surface area contributed by atoms with Gasteiger partial charge in [-0.2, -0.15) is 5.10 Å². The highest BCUT2D eigenvalue weighted by atomic mass is 32.2. The van der Waals surface area contributed by atoms with Gasteiger partial charge < -0.3 is 15.3 Å². The molecule has 0 saturated heterocycles. The molecule has 9 heteroatoms. The molecule has 0 atom stereocenters. The summed E-state index contributed by atoms with van der Waals surface area (Å²) in [5.74, 6) is -2.17. The summed E-state index contributed by atoms with van der Waals surface area (Å²) in [4.78, 5) is 12.0. The topological polar surface area (TPSA) is 136 Å². The molecule has 0 saturated carbocycles. The van der Waals surface area contributed by atoms with Crippen molar-refractivity contribution in [3.63, 3.8) is 0 Å². The van der Waals surface area contributed by atoms with E-state index in [0.717, 1.165) is 12.5 Å². The number of hydrogen-bond acceptors (Lipinski definition) is 7. The fourth-order valence-corrected chi connectivity index (χ4v) is 2.57. The molecule has 2 rings (SSSR count). The van der Waals surface area contributed by atoms with Crippen LogP contribution in [0.2, 0.25) is 0 Å². The molecule has 8 nitrogen and oxygen atoms in total. The molecule has 0 aromatic heterocycles. The van der Waals surface area contributed by atoms with Gasteiger partial charge in [0, 0.05) is 11.8 Å². The molecule has 0 radical (unpaired) electrons. The Balaban J connectivity index is 1.98. The maximum Gasteiger partial charge on any atom is 0.244 e. The summed E-state index contributed by atoms with van der Waals surface area (Å²) in [6.45, 7) is 0. The van der Waals surface area contributed by atoms with Gasteiger partial charge in [0.25, 0.3) is 0 Å². The van der Waals surface area contributed by atoms with Crippen molar-refractivity contribution in [2.45, 2.75) is 11.3 Å². The van der Waals surface area contributed by atoms with Gasteiger partial charge in [0.15, 0.2) is 21.3 Å². The molecule has 4 N–H and O–H groups in total. The first-order valence-corrected chi connectivity index (χ1v) is 8.92. The van der Waals surface area contributed by atoms with Gasteiger partial charge in [0.05, 0.1) is 17.5 Å². The van der Waals surface area contributed by atoms with Crippen molar-refractivity contribution in [2.24, 2.45) is 5.10 Å². The number of hydrazone groups is 1. The molecule has 0 aliphatic carbocycles. The van der Waals surface area contributed by atoms with E-state index in [1.807, 2.05) is 0 Å². The van der Waals surface area contributed by atoms with Crippen molar-refractivity contribution in [3.8, 4) is 17.2 Å². The number of carbonyl (C=O) groups excluding carboxylic acids is 1. The first kappa shape index (κ1) is 18.3. The molecule has 0 unspecified atom stereocenters. The molecular weight excluding hydrogens is 348 g/mol. The molecule has 25 heavy (non-hydrogen) atoms. The summed E-state index contributed by atoms with van der Waals surface area (Å²) in [6, 6.07) is 8.37. The number of amides is 1. The second-order valence-electron chi connectivity index (χ2n) is 5.26. The van der Waals surface area contributed by atoms with Gasteiger partial charge in [0.2, 0.25) is 11.7 Å². The van der Waals surface area contributed by atoms with Crippen LogP contribution in [-0.4, -0.2) is 42.1 Å². The van der Waals surface area contributed by atoms with E-state index >= 15 is 0 Å². The van der Waals surface area contributed by atoms with Gasteiger partial charge in [-0.1, -0.05) is 12.1 Å². The van der Waals surface area contributed by atoms with Crippen molar-refractivity contribution in [1.29, 1.82) is 0 Å². The first-order valence-electron chi connectivity index (χ1n) is 7.03. The summed E-state index contributed by atoms with van der Waals surface area (Å²) in [5.41, 5.74) is 2.95. The predicted molar refractivity (Wildman–Crippen MR) is 90.4 cm³/mol. The lowest BCUT2D eigenvalue weighted by Crippen LogP contribution is -2.19. The third kappa shape index (κ3) is 4.70. The molecule has 0 bridgehead atoms.